The predicted octanol–water partition coefficient (Wildman–Crippen LogP) is 0.908. The fourth-order valence-electron chi connectivity index (χ4n) is 2.50. The molecule has 1 fully saturated rings. The molecule has 1 aromatic heterocycles. The van der Waals surface area contributed by atoms with E-state index in [1.165, 1.54) is 0 Å². The van der Waals surface area contributed by atoms with Crippen LogP contribution >= 0.6 is 0 Å². The van der Waals surface area contributed by atoms with Crippen molar-refractivity contribution in [3.8, 4) is 0 Å². The van der Waals surface area contributed by atoms with E-state index in [1.807, 2.05) is 7.05 Å². The number of aryl methyl sites for hydroxylation is 2. The van der Waals surface area contributed by atoms with E-state index in [0.29, 0.717) is 18.9 Å². The molecule has 0 spiro atoms. The predicted molar refractivity (Wildman–Crippen MR) is 75.1 cm³/mol. The molecule has 0 aromatic carbocycles. The van der Waals surface area contributed by atoms with Crippen molar-refractivity contribution in [1.29, 1.82) is 0 Å². The highest BCUT2D eigenvalue weighted by Gasteiger charge is 2.33. The fourth-order valence-corrected chi connectivity index (χ4v) is 2.50. The van der Waals surface area contributed by atoms with Gasteiger partial charge in [-0.05, 0) is 19.3 Å². The van der Waals surface area contributed by atoms with Gasteiger partial charge >= 0.3 is 0 Å². The minimum absolute atomic E-state index is 0.0735. The van der Waals surface area contributed by atoms with Crippen LogP contribution in [0.3, 0.4) is 0 Å². The smallest absolute Gasteiger partial charge is 0.148 e. The second-order valence-corrected chi connectivity index (χ2v) is 5.26. The molecule has 0 saturated carbocycles. The zero-order valence-electron chi connectivity index (χ0n) is 11.8. The molecule has 0 atom stereocenters. The number of aromatic nitrogens is 2. The maximum Gasteiger partial charge on any atom is 0.148 e. The van der Waals surface area contributed by atoms with Crippen molar-refractivity contribution in [2.24, 2.45) is 7.05 Å². The molecule has 0 bridgehead atoms. The van der Waals surface area contributed by atoms with Crippen molar-refractivity contribution in [2.75, 3.05) is 30.9 Å². The largest absolute Gasteiger partial charge is 0.394 e. The third-order valence-corrected chi connectivity index (χ3v) is 3.78. The van der Waals surface area contributed by atoms with Crippen molar-refractivity contribution >= 4 is 11.5 Å². The number of ether oxygens (including phenoxy) is 1. The van der Waals surface area contributed by atoms with E-state index in [2.05, 4.69) is 17.3 Å². The fraction of sp³-hybridized carbons (Fsp3) is 0.769. The third-order valence-electron chi connectivity index (χ3n) is 3.78. The Balaban J connectivity index is 2.21. The number of nitrogens with two attached hydrogens (primary N) is 1. The molecule has 19 heavy (non-hydrogen) atoms. The molecule has 2 heterocycles. The molecule has 1 aromatic rings. The van der Waals surface area contributed by atoms with Crippen LogP contribution in [0, 0.1) is 0 Å². The normalized spacial score (nSPS) is 18.5. The number of hydrogen-bond acceptors (Lipinski definition) is 5. The topological polar surface area (TPSA) is 85.3 Å². The van der Waals surface area contributed by atoms with E-state index in [4.69, 9.17) is 10.5 Å². The summed E-state index contributed by atoms with van der Waals surface area (Å²) >= 11 is 0. The second-order valence-electron chi connectivity index (χ2n) is 5.26. The van der Waals surface area contributed by atoms with Crippen molar-refractivity contribution in [2.45, 2.75) is 38.1 Å². The van der Waals surface area contributed by atoms with Crippen molar-refractivity contribution in [3.63, 3.8) is 0 Å². The first-order valence-electron chi connectivity index (χ1n) is 6.90. The summed E-state index contributed by atoms with van der Waals surface area (Å²) in [5, 5.41) is 17.6. The molecule has 0 radical (unpaired) electrons. The highest BCUT2D eigenvalue weighted by atomic mass is 16.5. The number of rotatable bonds is 5. The van der Waals surface area contributed by atoms with E-state index in [1.54, 1.807) is 4.68 Å². The molecule has 4 N–H and O–H groups in total. The Morgan fingerprint density at radius 2 is 2.16 bits per heavy atom. The summed E-state index contributed by atoms with van der Waals surface area (Å²) in [4.78, 5) is 0. The third kappa shape index (κ3) is 2.84. The number of hydrogen-bond donors (Lipinski definition) is 3. The first-order valence-corrected chi connectivity index (χ1v) is 6.90. The molecule has 1 aliphatic rings. The molecule has 0 amide bonds. The first kappa shape index (κ1) is 14.1. The molecule has 1 saturated heterocycles. The van der Waals surface area contributed by atoms with Gasteiger partial charge in [-0.2, -0.15) is 5.10 Å². The van der Waals surface area contributed by atoms with Crippen molar-refractivity contribution in [1.82, 2.24) is 9.78 Å². The zero-order chi connectivity index (χ0) is 13.9. The van der Waals surface area contributed by atoms with E-state index in [-0.39, 0.29) is 12.1 Å². The Labute approximate surface area is 113 Å². The molecule has 1 aliphatic heterocycles. The molecule has 6 heteroatoms. The summed E-state index contributed by atoms with van der Waals surface area (Å²) in [6, 6.07) is 0. The lowest BCUT2D eigenvalue weighted by Gasteiger charge is -2.37. The Morgan fingerprint density at radius 3 is 2.74 bits per heavy atom. The van der Waals surface area contributed by atoms with Gasteiger partial charge < -0.3 is 20.9 Å². The zero-order valence-corrected chi connectivity index (χ0v) is 11.8. The molecule has 0 aliphatic carbocycles. The lowest BCUT2D eigenvalue weighted by molar-refractivity contribution is 0.0377. The lowest BCUT2D eigenvalue weighted by Crippen LogP contribution is -2.47. The number of nitrogen functional groups attached to an aromatic ring is 1. The van der Waals surface area contributed by atoms with Crippen LogP contribution in [0.2, 0.25) is 0 Å². The molecule has 6 nitrogen and oxygen atoms in total. The minimum atomic E-state index is -0.344. The van der Waals surface area contributed by atoms with Gasteiger partial charge in [0.1, 0.15) is 5.82 Å². The minimum Gasteiger partial charge on any atom is -0.394 e. The van der Waals surface area contributed by atoms with Crippen molar-refractivity contribution in [3.05, 3.63) is 5.69 Å². The summed E-state index contributed by atoms with van der Waals surface area (Å²) in [6.07, 6.45) is 3.44. The lowest BCUT2D eigenvalue weighted by atomic mass is 9.91. The average Bonchev–Trinajstić information content (AvgIpc) is 2.68. The van der Waals surface area contributed by atoms with Gasteiger partial charge in [0, 0.05) is 20.3 Å². The van der Waals surface area contributed by atoms with E-state index in [9.17, 15) is 5.11 Å². The molecule has 0 unspecified atom stereocenters. The number of nitrogens with zero attached hydrogens (tertiary/aromatic N) is 2. The van der Waals surface area contributed by atoms with Gasteiger partial charge in [0.15, 0.2) is 0 Å². The summed E-state index contributed by atoms with van der Waals surface area (Å²) in [5.41, 5.74) is 7.44. The Hall–Kier alpha value is -1.27. The maximum absolute atomic E-state index is 9.71. The highest BCUT2D eigenvalue weighted by molar-refractivity contribution is 5.66. The van der Waals surface area contributed by atoms with Crippen LogP contribution in [-0.4, -0.2) is 40.2 Å². The number of aliphatic hydroxyl groups excluding tert-OH is 1. The van der Waals surface area contributed by atoms with Gasteiger partial charge in [0.2, 0.25) is 0 Å². The van der Waals surface area contributed by atoms with E-state index in [0.717, 1.165) is 37.2 Å². The van der Waals surface area contributed by atoms with E-state index < -0.39 is 0 Å². The van der Waals surface area contributed by atoms with Gasteiger partial charge in [-0.1, -0.05) is 13.3 Å². The summed E-state index contributed by atoms with van der Waals surface area (Å²) in [7, 11) is 1.88. The van der Waals surface area contributed by atoms with Gasteiger partial charge in [-0.3, -0.25) is 4.68 Å². The molecular formula is C13H24N4O2. The number of aliphatic hydroxyl groups is 1. The summed E-state index contributed by atoms with van der Waals surface area (Å²) in [5.74, 6) is 0.805. The first-order chi connectivity index (χ1) is 9.12. The standard InChI is InChI=1S/C13H24N4O2/c1-3-4-10-11(14)12(17(2)16-10)15-13(9-18)5-7-19-8-6-13/h15,18H,3-9,14H2,1-2H3. The van der Waals surface area contributed by atoms with Crippen LogP contribution in [0.15, 0.2) is 0 Å². The molecular weight excluding hydrogens is 244 g/mol. The van der Waals surface area contributed by atoms with Crippen LogP contribution in [0.25, 0.3) is 0 Å². The van der Waals surface area contributed by atoms with Crippen LogP contribution in [0.4, 0.5) is 11.5 Å². The van der Waals surface area contributed by atoms with Crippen LogP contribution in [-0.2, 0) is 18.2 Å². The van der Waals surface area contributed by atoms with Crippen LogP contribution in [0.5, 0.6) is 0 Å². The highest BCUT2D eigenvalue weighted by Crippen LogP contribution is 2.30. The Kier molecular flexibility index (Phi) is 4.31. The number of nitrogens with one attached hydrogen (secondary N) is 1. The van der Waals surface area contributed by atoms with Gasteiger partial charge in [0.05, 0.1) is 23.5 Å². The molecule has 108 valence electrons. The van der Waals surface area contributed by atoms with Crippen molar-refractivity contribution < 1.29 is 9.84 Å². The Morgan fingerprint density at radius 1 is 1.47 bits per heavy atom. The maximum atomic E-state index is 9.71. The van der Waals surface area contributed by atoms with Crippen LogP contribution < -0.4 is 11.1 Å². The summed E-state index contributed by atoms with van der Waals surface area (Å²) in [6.45, 7) is 3.50. The number of anilines is 2. The van der Waals surface area contributed by atoms with Gasteiger partial charge in [-0.25, -0.2) is 0 Å². The average molecular weight is 268 g/mol. The SMILES string of the molecule is CCCc1nn(C)c(NC2(CO)CCOCC2)c1N. The van der Waals surface area contributed by atoms with Crippen LogP contribution in [0.1, 0.15) is 31.9 Å². The Bertz CT molecular complexity index is 425. The quantitative estimate of drug-likeness (QED) is 0.739. The summed E-state index contributed by atoms with van der Waals surface area (Å²) < 4.78 is 7.13. The second kappa shape index (κ2) is 5.79. The van der Waals surface area contributed by atoms with Gasteiger partial charge in [-0.15, -0.1) is 0 Å². The van der Waals surface area contributed by atoms with Gasteiger partial charge in [0.25, 0.3) is 0 Å². The van der Waals surface area contributed by atoms with E-state index >= 15 is 0 Å². The molecule has 2 rings (SSSR count). The monoisotopic (exact) mass is 268 g/mol.